The predicted octanol–water partition coefficient (Wildman–Crippen LogP) is 0.689. The predicted molar refractivity (Wildman–Crippen MR) is 89.4 cm³/mol. The second-order valence-corrected chi connectivity index (χ2v) is 7.24. The summed E-state index contributed by atoms with van der Waals surface area (Å²) in [6.07, 6.45) is 2.84. The quantitative estimate of drug-likeness (QED) is 0.712. The number of hydrogen-bond acceptors (Lipinski definition) is 4. The zero-order valence-corrected chi connectivity index (χ0v) is 14.9. The molecule has 0 saturated carbocycles. The van der Waals surface area contributed by atoms with Crippen molar-refractivity contribution in [3.63, 3.8) is 0 Å². The summed E-state index contributed by atoms with van der Waals surface area (Å²) in [6, 6.07) is 0.219. The number of hydrogen-bond donors (Lipinski definition) is 2. The Morgan fingerprint density at radius 2 is 2.04 bits per heavy atom. The Bertz CT molecular complexity index is 506. The van der Waals surface area contributed by atoms with Crippen LogP contribution in [0.1, 0.15) is 46.5 Å². The fourth-order valence-corrected chi connectivity index (χ4v) is 3.82. The van der Waals surface area contributed by atoms with Crippen LogP contribution in [0.2, 0.25) is 0 Å². The lowest BCUT2D eigenvalue weighted by Gasteiger charge is -2.28. The van der Waals surface area contributed by atoms with Gasteiger partial charge in [-0.05, 0) is 26.2 Å². The minimum atomic E-state index is -0.900. The van der Waals surface area contributed by atoms with Crippen molar-refractivity contribution in [2.45, 2.75) is 58.0 Å². The summed E-state index contributed by atoms with van der Waals surface area (Å²) in [5.74, 6) is -1.06. The highest BCUT2D eigenvalue weighted by Crippen LogP contribution is 2.28. The van der Waals surface area contributed by atoms with Crippen LogP contribution in [0.25, 0.3) is 0 Å². The normalized spacial score (nSPS) is 27.3. The average Bonchev–Trinajstić information content (AvgIpc) is 3.11. The standard InChI is InChI=1S/C17H29N3O4/c1-4-13(5-2)20-10-12(8-14(20)21)16(24)19-7-6-17(3,11-19)18-9-15(22)23/h12-13,18H,4-11H2,1-3H3,(H,22,23)/t12-,17-/m1/s1. The molecular weight excluding hydrogens is 310 g/mol. The van der Waals surface area contributed by atoms with Crippen LogP contribution in [0.15, 0.2) is 0 Å². The van der Waals surface area contributed by atoms with E-state index in [9.17, 15) is 14.4 Å². The second kappa shape index (κ2) is 7.51. The number of carboxylic acids is 1. The number of rotatable bonds is 7. The maximum absolute atomic E-state index is 12.8. The lowest BCUT2D eigenvalue weighted by molar-refractivity contribution is -0.136. The first-order valence-electron chi connectivity index (χ1n) is 8.84. The molecule has 0 aromatic heterocycles. The Labute approximate surface area is 143 Å². The summed E-state index contributed by atoms with van der Waals surface area (Å²) in [5.41, 5.74) is -0.369. The highest BCUT2D eigenvalue weighted by molar-refractivity contribution is 5.89. The largest absolute Gasteiger partial charge is 0.480 e. The van der Waals surface area contributed by atoms with Gasteiger partial charge in [0, 0.05) is 37.6 Å². The molecule has 2 rings (SSSR count). The van der Waals surface area contributed by atoms with Crippen LogP contribution in [-0.4, -0.2) is 70.4 Å². The average molecular weight is 339 g/mol. The lowest BCUT2D eigenvalue weighted by atomic mass is 10.0. The van der Waals surface area contributed by atoms with E-state index < -0.39 is 5.97 Å². The highest BCUT2D eigenvalue weighted by Gasteiger charge is 2.42. The Hall–Kier alpha value is -1.63. The number of aliphatic carboxylic acids is 1. The maximum atomic E-state index is 12.8. The van der Waals surface area contributed by atoms with Crippen LogP contribution in [0.5, 0.6) is 0 Å². The van der Waals surface area contributed by atoms with Crippen molar-refractivity contribution >= 4 is 17.8 Å². The van der Waals surface area contributed by atoms with Crippen LogP contribution in [-0.2, 0) is 14.4 Å². The van der Waals surface area contributed by atoms with Gasteiger partial charge in [-0.3, -0.25) is 19.7 Å². The Morgan fingerprint density at radius 1 is 1.38 bits per heavy atom. The van der Waals surface area contributed by atoms with Crippen molar-refractivity contribution in [3.8, 4) is 0 Å². The van der Waals surface area contributed by atoms with Crippen LogP contribution < -0.4 is 5.32 Å². The van der Waals surface area contributed by atoms with Gasteiger partial charge >= 0.3 is 5.97 Å². The molecule has 0 aromatic rings. The molecule has 0 unspecified atom stereocenters. The molecule has 0 spiro atoms. The summed E-state index contributed by atoms with van der Waals surface area (Å²) in [6.45, 7) is 7.59. The van der Waals surface area contributed by atoms with Gasteiger partial charge in [0.15, 0.2) is 0 Å². The van der Waals surface area contributed by atoms with Crippen molar-refractivity contribution in [2.75, 3.05) is 26.2 Å². The summed E-state index contributed by atoms with van der Waals surface area (Å²) in [7, 11) is 0. The lowest BCUT2D eigenvalue weighted by Crippen LogP contribution is -2.48. The first-order valence-corrected chi connectivity index (χ1v) is 8.84. The molecule has 2 fully saturated rings. The smallest absolute Gasteiger partial charge is 0.317 e. The number of nitrogens with zero attached hydrogens (tertiary/aromatic N) is 2. The fraction of sp³-hybridized carbons (Fsp3) is 0.824. The molecule has 7 nitrogen and oxygen atoms in total. The zero-order chi connectivity index (χ0) is 17.9. The molecule has 2 amide bonds. The number of amides is 2. The Morgan fingerprint density at radius 3 is 2.62 bits per heavy atom. The second-order valence-electron chi connectivity index (χ2n) is 7.24. The number of carbonyl (C=O) groups excluding carboxylic acids is 2. The van der Waals surface area contributed by atoms with E-state index in [0.29, 0.717) is 26.1 Å². The van der Waals surface area contributed by atoms with Crippen molar-refractivity contribution < 1.29 is 19.5 Å². The first kappa shape index (κ1) is 18.7. The Balaban J connectivity index is 1.93. The minimum absolute atomic E-state index is 0.0256. The molecule has 2 aliphatic heterocycles. The summed E-state index contributed by atoms with van der Waals surface area (Å²) in [4.78, 5) is 39.4. The number of likely N-dealkylation sites (tertiary alicyclic amines) is 2. The molecule has 7 heteroatoms. The molecule has 2 N–H and O–H groups in total. The molecule has 136 valence electrons. The van der Waals surface area contributed by atoms with Crippen molar-refractivity contribution in [1.29, 1.82) is 0 Å². The highest BCUT2D eigenvalue weighted by atomic mass is 16.4. The van der Waals surface area contributed by atoms with Gasteiger partial charge in [-0.1, -0.05) is 13.8 Å². The molecule has 24 heavy (non-hydrogen) atoms. The van der Waals surface area contributed by atoms with Gasteiger partial charge < -0.3 is 14.9 Å². The Kier molecular flexibility index (Phi) is 5.85. The van der Waals surface area contributed by atoms with Gasteiger partial charge in [-0.15, -0.1) is 0 Å². The maximum Gasteiger partial charge on any atom is 0.317 e. The summed E-state index contributed by atoms with van der Waals surface area (Å²) >= 11 is 0. The van der Waals surface area contributed by atoms with E-state index in [1.54, 1.807) is 4.90 Å². The van der Waals surface area contributed by atoms with Crippen LogP contribution in [0.3, 0.4) is 0 Å². The SMILES string of the molecule is CCC(CC)N1C[C@H](C(=O)N2CC[C@@](C)(NCC(=O)O)C2)CC1=O. The minimum Gasteiger partial charge on any atom is -0.480 e. The van der Waals surface area contributed by atoms with E-state index in [0.717, 1.165) is 19.3 Å². The number of carbonyl (C=O) groups is 3. The molecular formula is C17H29N3O4. The van der Waals surface area contributed by atoms with Gasteiger partial charge in [-0.2, -0.15) is 0 Å². The van der Waals surface area contributed by atoms with E-state index in [1.807, 2.05) is 11.8 Å². The molecule has 0 bridgehead atoms. The fourth-order valence-electron chi connectivity index (χ4n) is 3.82. The molecule has 0 radical (unpaired) electrons. The van der Waals surface area contributed by atoms with E-state index in [1.165, 1.54) is 0 Å². The van der Waals surface area contributed by atoms with E-state index >= 15 is 0 Å². The molecule has 2 heterocycles. The van der Waals surface area contributed by atoms with Crippen LogP contribution in [0, 0.1) is 5.92 Å². The van der Waals surface area contributed by atoms with E-state index in [-0.39, 0.29) is 35.9 Å². The van der Waals surface area contributed by atoms with Gasteiger partial charge in [0.2, 0.25) is 11.8 Å². The molecule has 0 aliphatic carbocycles. The molecule has 2 atom stereocenters. The number of nitrogens with one attached hydrogen (secondary N) is 1. The monoisotopic (exact) mass is 339 g/mol. The molecule has 2 aliphatic rings. The summed E-state index contributed by atoms with van der Waals surface area (Å²) < 4.78 is 0. The van der Waals surface area contributed by atoms with Gasteiger partial charge in [-0.25, -0.2) is 0 Å². The van der Waals surface area contributed by atoms with Gasteiger partial charge in [0.05, 0.1) is 12.5 Å². The third-order valence-corrected chi connectivity index (χ3v) is 5.34. The van der Waals surface area contributed by atoms with Crippen molar-refractivity contribution in [1.82, 2.24) is 15.1 Å². The third kappa shape index (κ3) is 4.06. The van der Waals surface area contributed by atoms with E-state index in [4.69, 9.17) is 5.11 Å². The molecule has 2 saturated heterocycles. The van der Waals surface area contributed by atoms with Gasteiger partial charge in [0.25, 0.3) is 0 Å². The van der Waals surface area contributed by atoms with Crippen molar-refractivity contribution in [3.05, 3.63) is 0 Å². The third-order valence-electron chi connectivity index (χ3n) is 5.34. The van der Waals surface area contributed by atoms with E-state index in [2.05, 4.69) is 19.2 Å². The topological polar surface area (TPSA) is 90.0 Å². The van der Waals surface area contributed by atoms with Crippen molar-refractivity contribution in [2.24, 2.45) is 5.92 Å². The first-order chi connectivity index (χ1) is 11.3. The number of carboxylic acid groups (broad SMARTS) is 1. The summed E-state index contributed by atoms with van der Waals surface area (Å²) in [5, 5.41) is 11.8. The van der Waals surface area contributed by atoms with Crippen LogP contribution in [0.4, 0.5) is 0 Å². The zero-order valence-electron chi connectivity index (χ0n) is 14.9. The van der Waals surface area contributed by atoms with Crippen LogP contribution >= 0.6 is 0 Å². The molecule has 0 aromatic carbocycles. The van der Waals surface area contributed by atoms with Gasteiger partial charge in [0.1, 0.15) is 0 Å².